The second-order valence-corrected chi connectivity index (χ2v) is 11.7. The van der Waals surface area contributed by atoms with Gasteiger partial charge >= 0.3 is 17.9 Å². The highest BCUT2D eigenvalue weighted by Crippen LogP contribution is 2.16. The van der Waals surface area contributed by atoms with Crippen LogP contribution in [0.2, 0.25) is 0 Å². The maximum Gasteiger partial charge on any atom is 0.309 e. The zero-order chi connectivity index (χ0) is 31.8. The lowest BCUT2D eigenvalue weighted by atomic mass is 10.1. The fraction of sp³-hybridized carbons (Fsp3) is 0.757. The van der Waals surface area contributed by atoms with E-state index < -0.39 is 18.2 Å². The zero-order valence-electron chi connectivity index (χ0n) is 28.0. The molecule has 248 valence electrons. The summed E-state index contributed by atoms with van der Waals surface area (Å²) in [4.78, 5) is 37.3. The van der Waals surface area contributed by atoms with Gasteiger partial charge in [-0.25, -0.2) is 0 Å². The lowest BCUT2D eigenvalue weighted by Gasteiger charge is -2.19. The summed E-state index contributed by atoms with van der Waals surface area (Å²) in [5.74, 6) is -0.950. The van der Waals surface area contributed by atoms with Crippen LogP contribution < -0.4 is 0 Å². The van der Waals surface area contributed by atoms with Crippen LogP contribution in [0.3, 0.4) is 0 Å². The van der Waals surface area contributed by atoms with Crippen LogP contribution >= 0.6 is 0 Å². The molecule has 0 saturated heterocycles. The molecule has 0 aliphatic rings. The molecule has 0 radical (unpaired) electrons. The SMILES string of the molecule is C=CCCC/C=C/CCCC(=O)OC(CCCCCCCC)CC(=O)OC(C)COC(=O)CCCCCC/C=C/CCC. The van der Waals surface area contributed by atoms with Crippen molar-refractivity contribution in [3.05, 3.63) is 37.0 Å². The molecule has 0 saturated carbocycles. The van der Waals surface area contributed by atoms with Gasteiger partial charge in [0.2, 0.25) is 0 Å². The summed E-state index contributed by atoms with van der Waals surface area (Å²) in [6.45, 7) is 9.86. The van der Waals surface area contributed by atoms with E-state index in [1.54, 1.807) is 6.92 Å². The van der Waals surface area contributed by atoms with Gasteiger partial charge in [0.25, 0.3) is 0 Å². The molecule has 0 heterocycles. The summed E-state index contributed by atoms with van der Waals surface area (Å²) in [6, 6.07) is 0. The van der Waals surface area contributed by atoms with Gasteiger partial charge in [-0.1, -0.05) is 95.6 Å². The van der Waals surface area contributed by atoms with E-state index in [-0.39, 0.29) is 25.0 Å². The molecule has 0 aliphatic carbocycles. The number of carbonyl (C=O) groups is 3. The van der Waals surface area contributed by atoms with Crippen LogP contribution in [0.5, 0.6) is 0 Å². The zero-order valence-corrected chi connectivity index (χ0v) is 28.0. The minimum atomic E-state index is -0.546. The number of esters is 3. The summed E-state index contributed by atoms with van der Waals surface area (Å²) in [6.07, 6.45) is 30.0. The standard InChI is InChI=1S/C37H64O6/c1-5-8-11-14-17-19-21-23-26-29-35(38)41-32-33(4)42-37(40)31-34(28-25-22-16-13-10-7-3)43-36(39)30-27-24-20-18-15-12-9-6-2/h6,11,14,18,20,33-34H,2,5,7-10,12-13,15-17,19,21-32H2,1,3-4H3/b14-11+,20-18+. The maximum atomic E-state index is 12.7. The third kappa shape index (κ3) is 29.5. The van der Waals surface area contributed by atoms with E-state index >= 15 is 0 Å². The topological polar surface area (TPSA) is 78.9 Å². The van der Waals surface area contributed by atoms with Gasteiger partial charge in [-0.3, -0.25) is 14.4 Å². The molecule has 0 aromatic rings. The molecule has 43 heavy (non-hydrogen) atoms. The van der Waals surface area contributed by atoms with Gasteiger partial charge in [-0.2, -0.15) is 0 Å². The monoisotopic (exact) mass is 604 g/mol. The molecule has 6 heteroatoms. The normalized spacial score (nSPS) is 12.8. The fourth-order valence-electron chi connectivity index (χ4n) is 4.64. The Bertz CT molecular complexity index is 756. The van der Waals surface area contributed by atoms with Gasteiger partial charge in [0.1, 0.15) is 18.8 Å². The molecule has 0 fully saturated rings. The van der Waals surface area contributed by atoms with E-state index in [1.807, 2.05) is 6.08 Å². The van der Waals surface area contributed by atoms with Gasteiger partial charge in [-0.05, 0) is 77.6 Å². The third-order valence-electron chi connectivity index (χ3n) is 7.20. The van der Waals surface area contributed by atoms with Crippen LogP contribution in [-0.4, -0.2) is 36.7 Å². The Morgan fingerprint density at radius 3 is 1.93 bits per heavy atom. The Morgan fingerprint density at radius 1 is 0.605 bits per heavy atom. The highest BCUT2D eigenvalue weighted by Gasteiger charge is 2.21. The Kier molecular flexibility index (Phi) is 29.4. The van der Waals surface area contributed by atoms with Crippen molar-refractivity contribution in [1.29, 1.82) is 0 Å². The van der Waals surface area contributed by atoms with Crippen molar-refractivity contribution in [2.75, 3.05) is 6.61 Å². The van der Waals surface area contributed by atoms with Crippen molar-refractivity contribution in [3.63, 3.8) is 0 Å². The Balaban J connectivity index is 4.39. The lowest BCUT2D eigenvalue weighted by Crippen LogP contribution is -2.27. The van der Waals surface area contributed by atoms with E-state index in [4.69, 9.17) is 14.2 Å². The minimum Gasteiger partial charge on any atom is -0.462 e. The molecule has 0 aromatic heterocycles. The lowest BCUT2D eigenvalue weighted by molar-refractivity contribution is -0.163. The van der Waals surface area contributed by atoms with Gasteiger partial charge < -0.3 is 14.2 Å². The second-order valence-electron chi connectivity index (χ2n) is 11.7. The Hall–Kier alpha value is -2.37. The fourth-order valence-corrected chi connectivity index (χ4v) is 4.64. The molecule has 0 bridgehead atoms. The van der Waals surface area contributed by atoms with Crippen molar-refractivity contribution in [1.82, 2.24) is 0 Å². The molecule has 0 amide bonds. The third-order valence-corrected chi connectivity index (χ3v) is 7.20. The minimum absolute atomic E-state index is 0.0236. The molecule has 2 unspecified atom stereocenters. The van der Waals surface area contributed by atoms with E-state index in [1.165, 1.54) is 25.7 Å². The van der Waals surface area contributed by atoms with Crippen molar-refractivity contribution >= 4 is 17.9 Å². The molecule has 6 nitrogen and oxygen atoms in total. The number of hydrogen-bond donors (Lipinski definition) is 0. The van der Waals surface area contributed by atoms with Crippen LogP contribution in [0.15, 0.2) is 37.0 Å². The van der Waals surface area contributed by atoms with Gasteiger partial charge in [-0.15, -0.1) is 6.58 Å². The highest BCUT2D eigenvalue weighted by molar-refractivity contribution is 5.73. The summed E-state index contributed by atoms with van der Waals surface area (Å²) in [7, 11) is 0. The van der Waals surface area contributed by atoms with Gasteiger partial charge in [0.15, 0.2) is 0 Å². The van der Waals surface area contributed by atoms with Crippen LogP contribution in [0, 0.1) is 0 Å². The number of carbonyl (C=O) groups excluding carboxylic acids is 3. The number of allylic oxidation sites excluding steroid dienone is 5. The second kappa shape index (κ2) is 31.1. The van der Waals surface area contributed by atoms with Crippen LogP contribution in [0.1, 0.15) is 162 Å². The van der Waals surface area contributed by atoms with E-state index in [0.717, 1.165) is 89.9 Å². The molecule has 2 atom stereocenters. The van der Waals surface area contributed by atoms with E-state index in [0.29, 0.717) is 19.3 Å². The first-order valence-electron chi connectivity index (χ1n) is 17.4. The van der Waals surface area contributed by atoms with Gasteiger partial charge in [0.05, 0.1) is 6.42 Å². The first kappa shape index (κ1) is 40.6. The summed E-state index contributed by atoms with van der Waals surface area (Å²) in [5.41, 5.74) is 0. The number of hydrogen-bond acceptors (Lipinski definition) is 6. The van der Waals surface area contributed by atoms with E-state index in [2.05, 4.69) is 44.7 Å². The predicted octanol–water partition coefficient (Wildman–Crippen LogP) is 10.3. The Labute approximate surface area is 264 Å². The molecule has 0 aromatic carbocycles. The van der Waals surface area contributed by atoms with Crippen molar-refractivity contribution in [2.24, 2.45) is 0 Å². The number of unbranched alkanes of at least 4 members (excludes halogenated alkanes) is 13. The first-order valence-corrected chi connectivity index (χ1v) is 17.4. The maximum absolute atomic E-state index is 12.7. The van der Waals surface area contributed by atoms with Crippen molar-refractivity contribution < 1.29 is 28.6 Å². The van der Waals surface area contributed by atoms with Crippen LogP contribution in [0.25, 0.3) is 0 Å². The first-order chi connectivity index (χ1) is 20.9. The summed E-state index contributed by atoms with van der Waals surface area (Å²) < 4.78 is 16.5. The largest absolute Gasteiger partial charge is 0.462 e. The molecule has 0 spiro atoms. The average molecular weight is 605 g/mol. The highest BCUT2D eigenvalue weighted by atomic mass is 16.6. The van der Waals surface area contributed by atoms with Crippen LogP contribution in [0.4, 0.5) is 0 Å². The van der Waals surface area contributed by atoms with Gasteiger partial charge in [0, 0.05) is 12.8 Å². The molecular formula is C37H64O6. The van der Waals surface area contributed by atoms with Crippen molar-refractivity contribution in [3.8, 4) is 0 Å². The average Bonchev–Trinajstić information content (AvgIpc) is 2.98. The molecule has 0 N–H and O–H groups in total. The molecule has 0 aliphatic heterocycles. The molecule has 0 rings (SSSR count). The molecular weight excluding hydrogens is 540 g/mol. The number of ether oxygens (including phenoxy) is 3. The quantitative estimate of drug-likeness (QED) is 0.0351. The van der Waals surface area contributed by atoms with E-state index in [9.17, 15) is 14.4 Å². The summed E-state index contributed by atoms with van der Waals surface area (Å²) >= 11 is 0. The summed E-state index contributed by atoms with van der Waals surface area (Å²) in [5, 5.41) is 0. The predicted molar refractivity (Wildman–Crippen MR) is 178 cm³/mol. The number of rotatable bonds is 30. The van der Waals surface area contributed by atoms with Crippen molar-refractivity contribution in [2.45, 2.75) is 174 Å². The Morgan fingerprint density at radius 2 is 1.21 bits per heavy atom. The smallest absolute Gasteiger partial charge is 0.309 e. The van der Waals surface area contributed by atoms with Crippen LogP contribution in [-0.2, 0) is 28.6 Å².